The van der Waals surface area contributed by atoms with Crippen LogP contribution in [0.3, 0.4) is 0 Å². The van der Waals surface area contributed by atoms with Crippen LogP contribution in [-0.2, 0) is 20.4 Å². The molecule has 1 amide bonds. The molecule has 2 unspecified atom stereocenters. The number of piperidine rings is 1. The first-order valence-corrected chi connectivity index (χ1v) is 13.5. The van der Waals surface area contributed by atoms with Crippen molar-refractivity contribution in [3.63, 3.8) is 0 Å². The summed E-state index contributed by atoms with van der Waals surface area (Å²) in [5.74, 6) is -0.0217. The Morgan fingerprint density at radius 1 is 1.06 bits per heavy atom. The number of nitrogens with one attached hydrogen (secondary N) is 1. The zero-order valence-corrected chi connectivity index (χ0v) is 20.1. The van der Waals surface area contributed by atoms with Gasteiger partial charge in [-0.1, -0.05) is 43.2 Å². The number of nitro groups is 1. The molecule has 0 radical (unpaired) electrons. The summed E-state index contributed by atoms with van der Waals surface area (Å²) in [6.45, 7) is 1.12. The average Bonchev–Trinajstić information content (AvgIpc) is 3.26. The van der Waals surface area contributed by atoms with Gasteiger partial charge in [-0.2, -0.15) is 4.31 Å². The molecule has 2 aromatic carbocycles. The van der Waals surface area contributed by atoms with Gasteiger partial charge in [0.25, 0.3) is 11.6 Å². The van der Waals surface area contributed by atoms with Crippen LogP contribution in [-0.4, -0.2) is 48.3 Å². The first-order valence-electron chi connectivity index (χ1n) is 12.0. The standard InChI is InChI=1S/C25H29N3O6S/c29-24(25(30,18-8-4-5-9-18)17-6-2-1-3-7-17)26-14-21-22-15-27(16-23(21)22)35(33,34)20-12-10-19(11-13-20)28(31)32/h1-3,6-7,10-13,18,21-23,30H,4-5,8-9,14-16H2,(H,26,29)/t21?,22-,23+,25?. The van der Waals surface area contributed by atoms with E-state index in [2.05, 4.69) is 5.32 Å². The monoisotopic (exact) mass is 499 g/mol. The van der Waals surface area contributed by atoms with Crippen LogP contribution >= 0.6 is 0 Å². The van der Waals surface area contributed by atoms with Gasteiger partial charge in [-0.15, -0.1) is 0 Å². The fourth-order valence-corrected chi connectivity index (χ4v) is 7.45. The molecule has 0 bridgehead atoms. The fourth-order valence-electron chi connectivity index (χ4n) is 5.93. The minimum Gasteiger partial charge on any atom is -0.375 e. The van der Waals surface area contributed by atoms with Crippen molar-refractivity contribution in [3.8, 4) is 0 Å². The number of rotatable bonds is 8. The zero-order valence-electron chi connectivity index (χ0n) is 19.2. The van der Waals surface area contributed by atoms with Gasteiger partial charge in [0, 0.05) is 37.7 Å². The van der Waals surface area contributed by atoms with E-state index < -0.39 is 20.5 Å². The van der Waals surface area contributed by atoms with E-state index in [1.165, 1.54) is 28.6 Å². The number of non-ortho nitro benzene ring substituents is 1. The van der Waals surface area contributed by atoms with Gasteiger partial charge in [-0.3, -0.25) is 14.9 Å². The molecule has 1 aliphatic heterocycles. The van der Waals surface area contributed by atoms with E-state index in [1.54, 1.807) is 12.1 Å². The summed E-state index contributed by atoms with van der Waals surface area (Å²) in [6.07, 6.45) is 3.61. The van der Waals surface area contributed by atoms with Crippen LogP contribution in [0, 0.1) is 33.8 Å². The maximum Gasteiger partial charge on any atom is 0.269 e. The van der Waals surface area contributed by atoms with Gasteiger partial charge in [0.15, 0.2) is 5.60 Å². The van der Waals surface area contributed by atoms with E-state index in [9.17, 15) is 28.4 Å². The number of fused-ring (bicyclic) bond motifs is 1. The number of sulfonamides is 1. The van der Waals surface area contributed by atoms with Gasteiger partial charge >= 0.3 is 0 Å². The van der Waals surface area contributed by atoms with Crippen molar-refractivity contribution in [3.05, 3.63) is 70.3 Å². The molecule has 0 spiro atoms. The molecule has 1 heterocycles. The Hall–Kier alpha value is -2.82. The van der Waals surface area contributed by atoms with Crippen LogP contribution in [0.4, 0.5) is 5.69 Å². The molecule has 3 aliphatic rings. The normalized spacial score (nSPS) is 26.1. The van der Waals surface area contributed by atoms with Crippen molar-refractivity contribution in [1.29, 1.82) is 0 Å². The molecule has 3 fully saturated rings. The SMILES string of the molecule is O=C(NCC1[C@H]2CN(S(=O)(=O)c3ccc([N+](=O)[O-])cc3)C[C@@H]12)C(O)(c1ccccc1)C1CCCC1. The van der Waals surface area contributed by atoms with E-state index in [-0.39, 0.29) is 40.2 Å². The number of carbonyl (C=O) groups excluding carboxylic acids is 1. The fraction of sp³-hybridized carbons (Fsp3) is 0.480. The first kappa shape index (κ1) is 23.9. The van der Waals surface area contributed by atoms with E-state index in [1.807, 2.05) is 18.2 Å². The third kappa shape index (κ3) is 4.23. The van der Waals surface area contributed by atoms with Crippen LogP contribution in [0.2, 0.25) is 0 Å². The lowest BCUT2D eigenvalue weighted by atomic mass is 9.79. The van der Waals surface area contributed by atoms with Gasteiger partial charge in [0.05, 0.1) is 9.82 Å². The zero-order chi connectivity index (χ0) is 24.8. The summed E-state index contributed by atoms with van der Waals surface area (Å²) in [4.78, 5) is 23.6. The molecular weight excluding hydrogens is 470 g/mol. The molecular formula is C25H29N3O6S. The summed E-state index contributed by atoms with van der Waals surface area (Å²) in [5, 5.41) is 25.4. The molecule has 2 aromatic rings. The Bertz CT molecular complexity index is 1200. The molecule has 9 nitrogen and oxygen atoms in total. The largest absolute Gasteiger partial charge is 0.375 e. The summed E-state index contributed by atoms with van der Waals surface area (Å²) in [5.41, 5.74) is -1.11. The van der Waals surface area contributed by atoms with Gasteiger partial charge in [-0.25, -0.2) is 8.42 Å². The van der Waals surface area contributed by atoms with Crippen LogP contribution in [0.15, 0.2) is 59.5 Å². The number of aliphatic hydroxyl groups is 1. The van der Waals surface area contributed by atoms with Gasteiger partial charge in [0.1, 0.15) is 0 Å². The molecule has 2 saturated carbocycles. The van der Waals surface area contributed by atoms with E-state index in [4.69, 9.17) is 0 Å². The smallest absolute Gasteiger partial charge is 0.269 e. The molecule has 0 aromatic heterocycles. The van der Waals surface area contributed by atoms with Crippen LogP contribution in [0.1, 0.15) is 31.2 Å². The number of hydrogen-bond acceptors (Lipinski definition) is 6. The Morgan fingerprint density at radius 2 is 1.66 bits per heavy atom. The van der Waals surface area contributed by atoms with Gasteiger partial charge < -0.3 is 10.4 Å². The highest BCUT2D eigenvalue weighted by molar-refractivity contribution is 7.89. The lowest BCUT2D eigenvalue weighted by molar-refractivity contribution is -0.384. The third-order valence-electron chi connectivity index (χ3n) is 8.03. The second-order valence-electron chi connectivity index (χ2n) is 9.89. The number of nitro benzene ring substituents is 1. The van der Waals surface area contributed by atoms with Crippen LogP contribution in [0.25, 0.3) is 0 Å². The summed E-state index contributed by atoms with van der Waals surface area (Å²) >= 11 is 0. The Kier molecular flexibility index (Phi) is 6.14. The Balaban J connectivity index is 1.20. The Labute approximate surface area is 204 Å². The van der Waals surface area contributed by atoms with E-state index in [0.717, 1.165) is 25.7 Å². The summed E-state index contributed by atoms with van der Waals surface area (Å²) < 4.78 is 27.3. The maximum atomic E-state index is 13.3. The molecule has 5 rings (SSSR count). The summed E-state index contributed by atoms with van der Waals surface area (Å²) in [7, 11) is -3.73. The minimum atomic E-state index is -3.73. The average molecular weight is 500 g/mol. The quantitative estimate of drug-likeness (QED) is 0.424. The van der Waals surface area contributed by atoms with Crippen molar-refractivity contribution in [2.75, 3.05) is 19.6 Å². The number of hydrogen-bond donors (Lipinski definition) is 2. The third-order valence-corrected chi connectivity index (χ3v) is 9.87. The molecule has 2 N–H and O–H groups in total. The van der Waals surface area contributed by atoms with Crippen molar-refractivity contribution < 1.29 is 23.2 Å². The van der Waals surface area contributed by atoms with E-state index >= 15 is 0 Å². The molecule has 1 saturated heterocycles. The van der Waals surface area contributed by atoms with Gasteiger partial charge in [0.2, 0.25) is 10.0 Å². The first-order chi connectivity index (χ1) is 16.7. The molecule has 4 atom stereocenters. The number of nitrogens with zero attached hydrogens (tertiary/aromatic N) is 2. The number of amides is 1. The van der Waals surface area contributed by atoms with Crippen molar-refractivity contribution in [2.45, 2.75) is 36.2 Å². The Morgan fingerprint density at radius 3 is 2.23 bits per heavy atom. The molecule has 186 valence electrons. The highest BCUT2D eigenvalue weighted by Crippen LogP contribution is 2.52. The topological polar surface area (TPSA) is 130 Å². The van der Waals surface area contributed by atoms with Gasteiger partial charge in [-0.05, 0) is 48.3 Å². The van der Waals surface area contributed by atoms with E-state index in [0.29, 0.717) is 25.2 Å². The van der Waals surface area contributed by atoms with Crippen LogP contribution in [0.5, 0.6) is 0 Å². The van der Waals surface area contributed by atoms with Crippen molar-refractivity contribution in [2.24, 2.45) is 23.7 Å². The highest BCUT2D eigenvalue weighted by Gasteiger charge is 2.58. The number of benzene rings is 2. The van der Waals surface area contributed by atoms with Crippen molar-refractivity contribution in [1.82, 2.24) is 9.62 Å². The van der Waals surface area contributed by atoms with Crippen LogP contribution < -0.4 is 5.32 Å². The predicted molar refractivity (Wildman–Crippen MR) is 128 cm³/mol. The van der Waals surface area contributed by atoms with Crippen molar-refractivity contribution >= 4 is 21.6 Å². The number of carbonyl (C=O) groups is 1. The minimum absolute atomic E-state index is 0.0405. The highest BCUT2D eigenvalue weighted by atomic mass is 32.2. The lowest BCUT2D eigenvalue weighted by Gasteiger charge is -2.33. The molecule has 10 heteroatoms. The predicted octanol–water partition coefficient (Wildman–Crippen LogP) is 2.66. The maximum absolute atomic E-state index is 13.3. The molecule has 2 aliphatic carbocycles. The second-order valence-corrected chi connectivity index (χ2v) is 11.8. The summed E-state index contributed by atoms with van der Waals surface area (Å²) in [6, 6.07) is 14.0. The lowest BCUT2D eigenvalue weighted by Crippen LogP contribution is -2.49. The molecule has 35 heavy (non-hydrogen) atoms. The second kappa shape index (κ2) is 9.00.